The van der Waals surface area contributed by atoms with E-state index in [1.807, 2.05) is 0 Å². The van der Waals surface area contributed by atoms with Crippen LogP contribution >= 0.6 is 11.8 Å². The molecular formula is C24H31NOS. The number of amides is 1. The van der Waals surface area contributed by atoms with Gasteiger partial charge < -0.3 is 5.32 Å². The molecule has 1 amide bonds. The van der Waals surface area contributed by atoms with Crippen molar-refractivity contribution in [3.8, 4) is 0 Å². The van der Waals surface area contributed by atoms with E-state index in [2.05, 4.69) is 67.0 Å². The van der Waals surface area contributed by atoms with Crippen LogP contribution in [0.2, 0.25) is 0 Å². The Morgan fingerprint density at radius 2 is 1.67 bits per heavy atom. The normalized spacial score (nSPS) is 16.5. The standard InChI is InChI=1S/C24H31NOS/c1-19-11-13-21(14-12-19)24(16-7-3-4-8-17-24)23(26)25-18-15-20-9-5-6-10-22(20)27-2/h5-6,9-14H,3-4,7-8,15-18H2,1-2H3,(H,25,26). The van der Waals surface area contributed by atoms with E-state index in [9.17, 15) is 4.79 Å². The van der Waals surface area contributed by atoms with Gasteiger partial charge in [-0.05, 0) is 49.6 Å². The van der Waals surface area contributed by atoms with Crippen LogP contribution in [0.3, 0.4) is 0 Å². The van der Waals surface area contributed by atoms with Crippen LogP contribution in [0.25, 0.3) is 0 Å². The predicted octanol–water partition coefficient (Wildman–Crippen LogP) is 5.67. The number of carbonyl (C=O) groups is 1. The van der Waals surface area contributed by atoms with E-state index in [0.717, 1.165) is 32.1 Å². The lowest BCUT2D eigenvalue weighted by atomic mass is 9.73. The van der Waals surface area contributed by atoms with Gasteiger partial charge in [0.1, 0.15) is 0 Å². The smallest absolute Gasteiger partial charge is 0.230 e. The molecule has 27 heavy (non-hydrogen) atoms. The number of hydrogen-bond acceptors (Lipinski definition) is 2. The minimum absolute atomic E-state index is 0.217. The fourth-order valence-corrected chi connectivity index (χ4v) is 4.89. The highest BCUT2D eigenvalue weighted by atomic mass is 32.2. The first kappa shape index (κ1) is 20.0. The van der Waals surface area contributed by atoms with Crippen LogP contribution in [0.5, 0.6) is 0 Å². The van der Waals surface area contributed by atoms with Gasteiger partial charge in [0.25, 0.3) is 0 Å². The summed E-state index contributed by atoms with van der Waals surface area (Å²) in [6, 6.07) is 17.1. The quantitative estimate of drug-likeness (QED) is 0.516. The summed E-state index contributed by atoms with van der Waals surface area (Å²) in [4.78, 5) is 14.7. The van der Waals surface area contributed by atoms with Gasteiger partial charge in [-0.15, -0.1) is 11.8 Å². The summed E-state index contributed by atoms with van der Waals surface area (Å²) in [5.74, 6) is 0.217. The van der Waals surface area contributed by atoms with Gasteiger partial charge in [0.15, 0.2) is 0 Å². The van der Waals surface area contributed by atoms with E-state index in [0.29, 0.717) is 6.54 Å². The zero-order chi connectivity index (χ0) is 19.1. The maximum absolute atomic E-state index is 13.4. The van der Waals surface area contributed by atoms with E-state index in [1.165, 1.54) is 34.4 Å². The van der Waals surface area contributed by atoms with Crippen molar-refractivity contribution in [2.24, 2.45) is 0 Å². The van der Waals surface area contributed by atoms with Crippen LogP contribution in [-0.4, -0.2) is 18.7 Å². The molecule has 1 fully saturated rings. The van der Waals surface area contributed by atoms with Crippen molar-refractivity contribution < 1.29 is 4.79 Å². The fraction of sp³-hybridized carbons (Fsp3) is 0.458. The molecule has 144 valence electrons. The molecule has 2 nitrogen and oxygen atoms in total. The van der Waals surface area contributed by atoms with E-state index in [4.69, 9.17) is 0 Å². The Kier molecular flexibility index (Phi) is 7.01. The van der Waals surface area contributed by atoms with Gasteiger partial charge >= 0.3 is 0 Å². The maximum Gasteiger partial charge on any atom is 0.230 e. The summed E-state index contributed by atoms with van der Waals surface area (Å²) in [5, 5.41) is 3.29. The predicted molar refractivity (Wildman–Crippen MR) is 115 cm³/mol. The molecule has 0 radical (unpaired) electrons. The number of benzene rings is 2. The fourth-order valence-electron chi connectivity index (χ4n) is 4.24. The largest absolute Gasteiger partial charge is 0.355 e. The molecule has 1 aliphatic carbocycles. The zero-order valence-electron chi connectivity index (χ0n) is 16.6. The molecule has 2 aromatic carbocycles. The molecule has 1 aliphatic rings. The van der Waals surface area contributed by atoms with Gasteiger partial charge in [0, 0.05) is 11.4 Å². The van der Waals surface area contributed by atoms with Crippen LogP contribution in [0.4, 0.5) is 0 Å². The highest BCUT2D eigenvalue weighted by Crippen LogP contribution is 2.38. The number of aryl methyl sites for hydroxylation is 1. The number of carbonyl (C=O) groups excluding carboxylic acids is 1. The van der Waals surface area contributed by atoms with Crippen molar-refractivity contribution >= 4 is 17.7 Å². The van der Waals surface area contributed by atoms with E-state index >= 15 is 0 Å². The second-order valence-electron chi connectivity index (χ2n) is 7.68. The molecule has 3 heteroatoms. The number of nitrogens with one attached hydrogen (secondary N) is 1. The lowest BCUT2D eigenvalue weighted by Gasteiger charge is -2.32. The van der Waals surface area contributed by atoms with Gasteiger partial charge in [0.2, 0.25) is 5.91 Å². The number of hydrogen-bond donors (Lipinski definition) is 1. The van der Waals surface area contributed by atoms with Crippen molar-refractivity contribution in [1.82, 2.24) is 5.32 Å². The van der Waals surface area contributed by atoms with Crippen molar-refractivity contribution in [1.29, 1.82) is 0 Å². The first-order valence-electron chi connectivity index (χ1n) is 10.1. The average Bonchev–Trinajstić information content (AvgIpc) is 2.96. The van der Waals surface area contributed by atoms with Gasteiger partial charge in [-0.2, -0.15) is 0 Å². The molecule has 1 N–H and O–H groups in total. The SMILES string of the molecule is CSc1ccccc1CCNC(=O)C1(c2ccc(C)cc2)CCCCCC1. The molecule has 0 aliphatic heterocycles. The highest BCUT2D eigenvalue weighted by molar-refractivity contribution is 7.98. The van der Waals surface area contributed by atoms with Crippen LogP contribution in [0, 0.1) is 6.92 Å². The van der Waals surface area contributed by atoms with E-state index in [1.54, 1.807) is 11.8 Å². The molecule has 1 saturated carbocycles. The monoisotopic (exact) mass is 381 g/mol. The Hall–Kier alpha value is -1.74. The summed E-state index contributed by atoms with van der Waals surface area (Å²) in [6.45, 7) is 2.80. The highest BCUT2D eigenvalue weighted by Gasteiger charge is 2.39. The molecule has 2 aromatic rings. The van der Waals surface area contributed by atoms with Crippen molar-refractivity contribution in [2.75, 3.05) is 12.8 Å². The van der Waals surface area contributed by atoms with E-state index < -0.39 is 0 Å². The minimum Gasteiger partial charge on any atom is -0.355 e. The van der Waals surface area contributed by atoms with Gasteiger partial charge in [-0.3, -0.25) is 4.79 Å². The van der Waals surface area contributed by atoms with Crippen molar-refractivity contribution in [2.45, 2.75) is 62.2 Å². The zero-order valence-corrected chi connectivity index (χ0v) is 17.4. The lowest BCUT2D eigenvalue weighted by molar-refractivity contribution is -0.127. The van der Waals surface area contributed by atoms with Crippen LogP contribution < -0.4 is 5.32 Å². The summed E-state index contributed by atoms with van der Waals surface area (Å²) >= 11 is 1.77. The Balaban J connectivity index is 1.74. The first-order valence-corrected chi connectivity index (χ1v) is 11.4. The molecule has 0 aromatic heterocycles. The summed E-state index contributed by atoms with van der Waals surface area (Å²) in [7, 11) is 0. The maximum atomic E-state index is 13.4. The molecule has 0 atom stereocenters. The molecule has 3 rings (SSSR count). The molecule has 0 heterocycles. The molecule has 0 saturated heterocycles. The Labute approximate surface area is 168 Å². The third-order valence-corrected chi connectivity index (χ3v) is 6.71. The number of thioether (sulfide) groups is 1. The Bertz CT molecular complexity index is 745. The topological polar surface area (TPSA) is 29.1 Å². The first-order chi connectivity index (χ1) is 13.2. The van der Waals surface area contributed by atoms with Crippen LogP contribution in [-0.2, 0) is 16.6 Å². The summed E-state index contributed by atoms with van der Waals surface area (Å²) in [6.07, 6.45) is 9.66. The van der Waals surface area contributed by atoms with E-state index in [-0.39, 0.29) is 11.3 Å². The van der Waals surface area contributed by atoms with Gasteiger partial charge in [-0.25, -0.2) is 0 Å². The van der Waals surface area contributed by atoms with Gasteiger partial charge in [-0.1, -0.05) is 73.7 Å². The third-order valence-electron chi connectivity index (χ3n) is 5.87. The number of rotatable bonds is 6. The Morgan fingerprint density at radius 3 is 2.33 bits per heavy atom. The molecule has 0 unspecified atom stereocenters. The molecule has 0 spiro atoms. The minimum atomic E-state index is -0.358. The lowest BCUT2D eigenvalue weighted by Crippen LogP contribution is -2.45. The Morgan fingerprint density at radius 1 is 1.00 bits per heavy atom. The summed E-state index contributed by atoms with van der Waals surface area (Å²) < 4.78 is 0. The van der Waals surface area contributed by atoms with Crippen LogP contribution in [0.1, 0.15) is 55.2 Å². The third kappa shape index (κ3) is 4.76. The van der Waals surface area contributed by atoms with Crippen LogP contribution in [0.15, 0.2) is 53.4 Å². The average molecular weight is 382 g/mol. The van der Waals surface area contributed by atoms with Crippen molar-refractivity contribution in [3.63, 3.8) is 0 Å². The van der Waals surface area contributed by atoms with Crippen molar-refractivity contribution in [3.05, 3.63) is 65.2 Å². The second kappa shape index (κ2) is 9.45. The van der Waals surface area contributed by atoms with Gasteiger partial charge in [0.05, 0.1) is 5.41 Å². The molecular weight excluding hydrogens is 350 g/mol. The molecule has 0 bridgehead atoms. The second-order valence-corrected chi connectivity index (χ2v) is 8.53. The summed E-state index contributed by atoms with van der Waals surface area (Å²) in [5.41, 5.74) is 3.40.